The van der Waals surface area contributed by atoms with Gasteiger partial charge in [0.1, 0.15) is 11.9 Å². The number of benzene rings is 1. The van der Waals surface area contributed by atoms with Crippen molar-refractivity contribution in [2.75, 3.05) is 12.3 Å². The Labute approximate surface area is 184 Å². The minimum atomic E-state index is -0.647. The van der Waals surface area contributed by atoms with Crippen LogP contribution in [0.5, 0.6) is 0 Å². The van der Waals surface area contributed by atoms with Crippen LogP contribution in [-0.2, 0) is 22.6 Å². The van der Waals surface area contributed by atoms with E-state index >= 15 is 0 Å². The van der Waals surface area contributed by atoms with Gasteiger partial charge in [-0.05, 0) is 57.4 Å². The van der Waals surface area contributed by atoms with Crippen molar-refractivity contribution in [2.24, 2.45) is 0 Å². The highest BCUT2D eigenvalue weighted by Gasteiger charge is 2.34. The summed E-state index contributed by atoms with van der Waals surface area (Å²) in [4.78, 5) is 32.4. The van der Waals surface area contributed by atoms with E-state index in [9.17, 15) is 9.59 Å². The predicted octanol–water partition coefficient (Wildman–Crippen LogP) is 2.19. The van der Waals surface area contributed by atoms with Gasteiger partial charge in [0, 0.05) is 25.2 Å². The minimum Gasteiger partial charge on any atom is -0.384 e. The molecule has 1 fully saturated rings. The van der Waals surface area contributed by atoms with Gasteiger partial charge in [-0.15, -0.1) is 0 Å². The zero-order chi connectivity index (χ0) is 22.4. The van der Waals surface area contributed by atoms with Crippen molar-refractivity contribution in [3.63, 3.8) is 0 Å². The van der Waals surface area contributed by atoms with Crippen molar-refractivity contribution >= 4 is 17.6 Å². The number of nitrogens with zero attached hydrogens (tertiary/aromatic N) is 2. The van der Waals surface area contributed by atoms with Crippen LogP contribution in [0.25, 0.3) is 0 Å². The van der Waals surface area contributed by atoms with Crippen molar-refractivity contribution in [1.29, 1.82) is 0 Å². The molecule has 0 saturated carbocycles. The molecule has 1 aliphatic rings. The Hall–Kier alpha value is -2.93. The van der Waals surface area contributed by atoms with E-state index in [2.05, 4.69) is 34.4 Å². The Kier molecular flexibility index (Phi) is 7.63. The van der Waals surface area contributed by atoms with Gasteiger partial charge in [-0.25, -0.2) is 4.98 Å². The summed E-state index contributed by atoms with van der Waals surface area (Å²) in [6, 6.07) is 11.0. The normalized spacial score (nSPS) is 17.5. The van der Waals surface area contributed by atoms with Gasteiger partial charge in [-0.1, -0.05) is 35.9 Å². The van der Waals surface area contributed by atoms with Crippen molar-refractivity contribution in [1.82, 2.24) is 20.5 Å². The monoisotopic (exact) mass is 423 g/mol. The Morgan fingerprint density at radius 1 is 1.16 bits per heavy atom. The molecule has 0 spiro atoms. The highest BCUT2D eigenvalue weighted by atomic mass is 16.2. The van der Waals surface area contributed by atoms with Crippen LogP contribution in [-0.4, -0.2) is 46.4 Å². The van der Waals surface area contributed by atoms with Crippen LogP contribution >= 0.6 is 0 Å². The molecule has 166 valence electrons. The number of hydrogen-bond donors (Lipinski definition) is 3. The standard InChI is InChI=1S/C24H33N5O2/c1-16(2)29-12-4-5-21(29)24(31)28-20(13-18-8-6-17(3)7-9-18)23(30)27-15-19-10-11-22(25)26-14-19/h6-11,14,16,20-21H,4-5,12-13,15H2,1-3H3,(H2,25,26)(H,27,30)(H,28,31)/t20-,21+/m0/s1. The van der Waals surface area contributed by atoms with Crippen LogP contribution in [0.3, 0.4) is 0 Å². The van der Waals surface area contributed by atoms with Gasteiger partial charge in [0.25, 0.3) is 0 Å². The fourth-order valence-corrected chi connectivity index (χ4v) is 3.98. The second-order valence-corrected chi connectivity index (χ2v) is 8.55. The zero-order valence-corrected chi connectivity index (χ0v) is 18.6. The molecule has 0 aliphatic carbocycles. The number of aromatic nitrogens is 1. The maximum absolute atomic E-state index is 13.1. The number of rotatable bonds is 8. The van der Waals surface area contributed by atoms with Gasteiger partial charge in [0.2, 0.25) is 11.8 Å². The topological polar surface area (TPSA) is 100 Å². The summed E-state index contributed by atoms with van der Waals surface area (Å²) in [5, 5.41) is 5.96. The molecule has 2 amide bonds. The van der Waals surface area contributed by atoms with Crippen molar-refractivity contribution in [3.8, 4) is 0 Å². The SMILES string of the molecule is Cc1ccc(C[C@H](NC(=O)[C@H]2CCCN2C(C)C)C(=O)NCc2ccc(N)nc2)cc1. The summed E-state index contributed by atoms with van der Waals surface area (Å²) in [7, 11) is 0. The van der Waals surface area contributed by atoms with E-state index in [1.165, 1.54) is 0 Å². The lowest BCUT2D eigenvalue weighted by Gasteiger charge is -2.29. The van der Waals surface area contributed by atoms with Crippen molar-refractivity contribution < 1.29 is 9.59 Å². The molecule has 31 heavy (non-hydrogen) atoms. The van der Waals surface area contributed by atoms with Crippen LogP contribution in [0, 0.1) is 6.92 Å². The van der Waals surface area contributed by atoms with Gasteiger partial charge in [-0.3, -0.25) is 14.5 Å². The molecule has 1 saturated heterocycles. The number of nitrogen functional groups attached to an aromatic ring is 1. The molecular formula is C24H33N5O2. The van der Waals surface area contributed by atoms with Gasteiger partial charge in [0.05, 0.1) is 6.04 Å². The summed E-state index contributed by atoms with van der Waals surface area (Å²) in [6.07, 6.45) is 3.89. The highest BCUT2D eigenvalue weighted by Crippen LogP contribution is 2.20. The number of anilines is 1. The third-order valence-corrected chi connectivity index (χ3v) is 5.77. The number of amides is 2. The van der Waals surface area contributed by atoms with Crippen molar-refractivity contribution in [2.45, 2.75) is 64.7 Å². The summed E-state index contributed by atoms with van der Waals surface area (Å²) < 4.78 is 0. The third kappa shape index (κ3) is 6.28. The third-order valence-electron chi connectivity index (χ3n) is 5.77. The van der Waals surface area contributed by atoms with Gasteiger partial charge in [-0.2, -0.15) is 0 Å². The van der Waals surface area contributed by atoms with Gasteiger partial charge in [0.15, 0.2) is 0 Å². The van der Waals surface area contributed by atoms with E-state index in [1.54, 1.807) is 12.3 Å². The first kappa shape index (κ1) is 22.7. The lowest BCUT2D eigenvalue weighted by molar-refractivity contribution is -0.131. The number of hydrogen-bond acceptors (Lipinski definition) is 5. The molecule has 7 nitrogen and oxygen atoms in total. The molecule has 2 atom stereocenters. The zero-order valence-electron chi connectivity index (χ0n) is 18.6. The molecule has 1 aromatic heterocycles. The number of carbonyl (C=O) groups is 2. The Bertz CT molecular complexity index is 880. The molecule has 0 unspecified atom stereocenters. The van der Waals surface area contributed by atoms with Crippen LogP contribution in [0.4, 0.5) is 5.82 Å². The van der Waals surface area contributed by atoms with Crippen LogP contribution < -0.4 is 16.4 Å². The van der Waals surface area contributed by atoms with Crippen molar-refractivity contribution in [3.05, 3.63) is 59.3 Å². The second kappa shape index (κ2) is 10.4. The lowest BCUT2D eigenvalue weighted by Crippen LogP contribution is -2.53. The maximum atomic E-state index is 13.1. The van der Waals surface area contributed by atoms with Gasteiger partial charge < -0.3 is 16.4 Å². The molecule has 1 aromatic carbocycles. The highest BCUT2D eigenvalue weighted by molar-refractivity contribution is 5.90. The average Bonchev–Trinajstić information content (AvgIpc) is 3.25. The van der Waals surface area contributed by atoms with E-state index in [4.69, 9.17) is 5.73 Å². The second-order valence-electron chi connectivity index (χ2n) is 8.55. The fraction of sp³-hybridized carbons (Fsp3) is 0.458. The van der Waals surface area contributed by atoms with Gasteiger partial charge >= 0.3 is 0 Å². The Morgan fingerprint density at radius 2 is 1.87 bits per heavy atom. The lowest BCUT2D eigenvalue weighted by atomic mass is 10.0. The largest absolute Gasteiger partial charge is 0.384 e. The Balaban J connectivity index is 1.70. The van der Waals surface area contributed by atoms with E-state index in [0.717, 1.165) is 36.1 Å². The minimum absolute atomic E-state index is 0.0763. The van der Waals surface area contributed by atoms with Crippen LogP contribution in [0.15, 0.2) is 42.6 Å². The number of likely N-dealkylation sites (tertiary alicyclic amines) is 1. The summed E-state index contributed by atoms with van der Waals surface area (Å²) >= 11 is 0. The summed E-state index contributed by atoms with van der Waals surface area (Å²) in [5.74, 6) is 0.151. The van der Waals surface area contributed by atoms with E-state index in [1.807, 2.05) is 37.3 Å². The number of aryl methyl sites for hydroxylation is 1. The van der Waals surface area contributed by atoms with Crippen LogP contribution in [0.1, 0.15) is 43.4 Å². The summed E-state index contributed by atoms with van der Waals surface area (Å²) in [6.45, 7) is 7.46. The average molecular weight is 424 g/mol. The smallest absolute Gasteiger partial charge is 0.243 e. The predicted molar refractivity (Wildman–Crippen MR) is 122 cm³/mol. The quantitative estimate of drug-likeness (QED) is 0.604. The Morgan fingerprint density at radius 3 is 2.52 bits per heavy atom. The first-order chi connectivity index (χ1) is 14.8. The maximum Gasteiger partial charge on any atom is 0.243 e. The molecule has 0 radical (unpaired) electrons. The van der Waals surface area contributed by atoms with E-state index in [-0.39, 0.29) is 17.9 Å². The van der Waals surface area contributed by atoms with E-state index in [0.29, 0.717) is 24.8 Å². The fourth-order valence-electron chi connectivity index (χ4n) is 3.98. The number of nitrogens with one attached hydrogen (secondary N) is 2. The molecule has 2 heterocycles. The molecule has 3 rings (SSSR count). The molecule has 7 heteroatoms. The molecule has 2 aromatic rings. The number of carbonyl (C=O) groups excluding carboxylic acids is 2. The molecule has 1 aliphatic heterocycles. The number of nitrogens with two attached hydrogens (primary N) is 1. The molecule has 4 N–H and O–H groups in total. The number of pyridine rings is 1. The first-order valence-electron chi connectivity index (χ1n) is 10.9. The van der Waals surface area contributed by atoms with E-state index < -0.39 is 6.04 Å². The first-order valence-corrected chi connectivity index (χ1v) is 10.9. The van der Waals surface area contributed by atoms with Crippen LogP contribution in [0.2, 0.25) is 0 Å². The summed E-state index contributed by atoms with van der Waals surface area (Å²) in [5.41, 5.74) is 8.64. The molecule has 0 bridgehead atoms. The molecular weight excluding hydrogens is 390 g/mol.